The van der Waals surface area contributed by atoms with Crippen molar-refractivity contribution in [1.82, 2.24) is 20.2 Å². The van der Waals surface area contributed by atoms with Gasteiger partial charge in [-0.15, -0.1) is 5.10 Å². The lowest BCUT2D eigenvalue weighted by Gasteiger charge is -2.13. The highest BCUT2D eigenvalue weighted by molar-refractivity contribution is 5.61. The molecule has 1 aliphatic carbocycles. The van der Waals surface area contributed by atoms with E-state index in [0.29, 0.717) is 5.82 Å². The van der Waals surface area contributed by atoms with Gasteiger partial charge in [0.25, 0.3) is 0 Å². The average Bonchev–Trinajstić information content (AvgIpc) is 3.06. The standard InChI is InChI=1S/C13H16FN5/c1-8(6-9-2-3-9)19-13(16-17-18-19)10-4-5-11(14)12(15)7-10/h4-5,7-9H,2-3,6,15H2,1H3. The molecule has 3 rings (SSSR count). The lowest BCUT2D eigenvalue weighted by molar-refractivity contribution is 0.430. The van der Waals surface area contributed by atoms with Crippen molar-refractivity contribution in [3.05, 3.63) is 24.0 Å². The molecule has 1 aliphatic rings. The van der Waals surface area contributed by atoms with Crippen LogP contribution in [0.1, 0.15) is 32.2 Å². The summed E-state index contributed by atoms with van der Waals surface area (Å²) in [4.78, 5) is 0. The van der Waals surface area contributed by atoms with Crippen LogP contribution in [-0.4, -0.2) is 20.2 Å². The average molecular weight is 261 g/mol. The number of halogens is 1. The van der Waals surface area contributed by atoms with Gasteiger partial charge in [0.2, 0.25) is 0 Å². The summed E-state index contributed by atoms with van der Waals surface area (Å²) in [5.41, 5.74) is 6.45. The Labute approximate surface area is 110 Å². The van der Waals surface area contributed by atoms with Crippen molar-refractivity contribution in [3.63, 3.8) is 0 Å². The quantitative estimate of drug-likeness (QED) is 0.858. The molecule has 1 aromatic carbocycles. The monoisotopic (exact) mass is 261 g/mol. The van der Waals surface area contributed by atoms with E-state index in [4.69, 9.17) is 5.73 Å². The van der Waals surface area contributed by atoms with Crippen LogP contribution in [0.2, 0.25) is 0 Å². The second-order valence-electron chi connectivity index (χ2n) is 5.21. The molecule has 2 aromatic rings. The molecule has 0 saturated heterocycles. The van der Waals surface area contributed by atoms with Gasteiger partial charge in [0.1, 0.15) is 5.82 Å². The highest BCUT2D eigenvalue weighted by atomic mass is 19.1. The third kappa shape index (κ3) is 2.43. The minimum absolute atomic E-state index is 0.113. The molecular formula is C13H16FN5. The molecule has 0 bridgehead atoms. The lowest BCUT2D eigenvalue weighted by Crippen LogP contribution is -2.10. The summed E-state index contributed by atoms with van der Waals surface area (Å²) in [5, 5.41) is 11.8. The highest BCUT2D eigenvalue weighted by Crippen LogP contribution is 2.37. The maximum atomic E-state index is 13.2. The van der Waals surface area contributed by atoms with E-state index in [1.54, 1.807) is 16.8 Å². The predicted octanol–water partition coefficient (Wildman–Crippen LogP) is 2.42. The molecule has 100 valence electrons. The Morgan fingerprint density at radius 3 is 2.95 bits per heavy atom. The van der Waals surface area contributed by atoms with Crippen molar-refractivity contribution < 1.29 is 4.39 Å². The number of aromatic nitrogens is 4. The van der Waals surface area contributed by atoms with E-state index in [2.05, 4.69) is 22.4 Å². The first-order valence-corrected chi connectivity index (χ1v) is 6.48. The van der Waals surface area contributed by atoms with Gasteiger partial charge in [0, 0.05) is 5.56 Å². The van der Waals surface area contributed by atoms with Crippen molar-refractivity contribution in [2.24, 2.45) is 5.92 Å². The molecule has 2 N–H and O–H groups in total. The van der Waals surface area contributed by atoms with Gasteiger partial charge in [-0.2, -0.15) is 0 Å². The molecule has 1 heterocycles. The number of nitrogens with two attached hydrogens (primary N) is 1. The number of nitrogen functional groups attached to an aromatic ring is 1. The van der Waals surface area contributed by atoms with Crippen LogP contribution in [0.15, 0.2) is 18.2 Å². The summed E-state index contributed by atoms with van der Waals surface area (Å²) >= 11 is 0. The van der Waals surface area contributed by atoms with Crippen LogP contribution in [0.4, 0.5) is 10.1 Å². The van der Waals surface area contributed by atoms with Crippen LogP contribution in [0, 0.1) is 11.7 Å². The fraction of sp³-hybridized carbons (Fsp3) is 0.462. The molecule has 1 aromatic heterocycles. The van der Waals surface area contributed by atoms with Crippen LogP contribution in [-0.2, 0) is 0 Å². The lowest BCUT2D eigenvalue weighted by atomic mass is 10.1. The van der Waals surface area contributed by atoms with E-state index in [-0.39, 0.29) is 11.7 Å². The van der Waals surface area contributed by atoms with E-state index < -0.39 is 5.82 Å². The molecule has 1 saturated carbocycles. The maximum absolute atomic E-state index is 13.2. The third-order valence-corrected chi connectivity index (χ3v) is 3.54. The second kappa shape index (κ2) is 4.60. The van der Waals surface area contributed by atoms with Crippen molar-refractivity contribution in [3.8, 4) is 11.4 Å². The molecule has 19 heavy (non-hydrogen) atoms. The summed E-state index contributed by atoms with van der Waals surface area (Å²) in [6.45, 7) is 2.10. The molecule has 1 atom stereocenters. The largest absolute Gasteiger partial charge is 0.396 e. The second-order valence-corrected chi connectivity index (χ2v) is 5.21. The summed E-state index contributed by atoms with van der Waals surface area (Å²) in [5.74, 6) is 1.01. The molecule has 0 radical (unpaired) electrons. The van der Waals surface area contributed by atoms with Crippen molar-refractivity contribution in [2.45, 2.75) is 32.2 Å². The molecule has 0 aliphatic heterocycles. The van der Waals surface area contributed by atoms with E-state index in [0.717, 1.165) is 17.9 Å². The Morgan fingerprint density at radius 1 is 1.47 bits per heavy atom. The first kappa shape index (κ1) is 12.1. The Hall–Kier alpha value is -1.98. The zero-order valence-corrected chi connectivity index (χ0v) is 10.8. The zero-order valence-electron chi connectivity index (χ0n) is 10.8. The maximum Gasteiger partial charge on any atom is 0.182 e. The smallest absolute Gasteiger partial charge is 0.182 e. The Morgan fingerprint density at radius 2 is 2.26 bits per heavy atom. The van der Waals surface area contributed by atoms with Crippen molar-refractivity contribution in [2.75, 3.05) is 5.73 Å². The van der Waals surface area contributed by atoms with E-state index >= 15 is 0 Å². The first-order chi connectivity index (χ1) is 9.15. The molecular weight excluding hydrogens is 245 g/mol. The number of benzene rings is 1. The number of rotatable bonds is 4. The highest BCUT2D eigenvalue weighted by Gasteiger charge is 2.26. The minimum atomic E-state index is -0.422. The Bertz CT molecular complexity index is 590. The van der Waals surface area contributed by atoms with Gasteiger partial charge in [-0.25, -0.2) is 9.07 Å². The Kier molecular flexibility index (Phi) is 2.93. The van der Waals surface area contributed by atoms with Crippen LogP contribution in [0.25, 0.3) is 11.4 Å². The van der Waals surface area contributed by atoms with Crippen molar-refractivity contribution in [1.29, 1.82) is 0 Å². The topological polar surface area (TPSA) is 69.6 Å². The molecule has 1 unspecified atom stereocenters. The Balaban J connectivity index is 1.91. The third-order valence-electron chi connectivity index (χ3n) is 3.54. The zero-order chi connectivity index (χ0) is 13.4. The number of hydrogen-bond donors (Lipinski definition) is 1. The molecule has 1 fully saturated rings. The molecule has 6 heteroatoms. The fourth-order valence-corrected chi connectivity index (χ4v) is 2.30. The first-order valence-electron chi connectivity index (χ1n) is 6.48. The van der Waals surface area contributed by atoms with Crippen LogP contribution < -0.4 is 5.73 Å². The van der Waals surface area contributed by atoms with E-state index in [9.17, 15) is 4.39 Å². The van der Waals surface area contributed by atoms with Gasteiger partial charge in [0.05, 0.1) is 11.7 Å². The summed E-state index contributed by atoms with van der Waals surface area (Å²) in [7, 11) is 0. The van der Waals surface area contributed by atoms with E-state index in [1.807, 2.05) is 0 Å². The van der Waals surface area contributed by atoms with Crippen molar-refractivity contribution >= 4 is 5.69 Å². The number of tetrazole rings is 1. The summed E-state index contributed by atoms with van der Waals surface area (Å²) < 4.78 is 15.0. The molecule has 0 amide bonds. The van der Waals surface area contributed by atoms with Crippen LogP contribution >= 0.6 is 0 Å². The van der Waals surface area contributed by atoms with Gasteiger partial charge < -0.3 is 5.73 Å². The van der Waals surface area contributed by atoms with Gasteiger partial charge in [-0.1, -0.05) is 12.8 Å². The normalized spacial score (nSPS) is 16.5. The molecule has 0 spiro atoms. The number of anilines is 1. The number of hydrogen-bond acceptors (Lipinski definition) is 4. The minimum Gasteiger partial charge on any atom is -0.396 e. The van der Waals surface area contributed by atoms with Gasteiger partial charge in [0.15, 0.2) is 5.82 Å². The number of nitrogens with zero attached hydrogens (tertiary/aromatic N) is 4. The van der Waals surface area contributed by atoms with Gasteiger partial charge in [-0.3, -0.25) is 0 Å². The van der Waals surface area contributed by atoms with Gasteiger partial charge >= 0.3 is 0 Å². The van der Waals surface area contributed by atoms with Crippen LogP contribution in [0.3, 0.4) is 0 Å². The fourth-order valence-electron chi connectivity index (χ4n) is 2.30. The van der Waals surface area contributed by atoms with Gasteiger partial charge in [-0.05, 0) is 47.9 Å². The molecule has 5 nitrogen and oxygen atoms in total. The van der Waals surface area contributed by atoms with E-state index in [1.165, 1.54) is 18.9 Å². The van der Waals surface area contributed by atoms with Crippen LogP contribution in [0.5, 0.6) is 0 Å². The summed E-state index contributed by atoms with van der Waals surface area (Å²) in [6.07, 6.45) is 3.67. The predicted molar refractivity (Wildman–Crippen MR) is 69.7 cm³/mol. The summed E-state index contributed by atoms with van der Waals surface area (Å²) in [6, 6.07) is 4.80. The SMILES string of the molecule is CC(CC1CC1)n1nnnc1-c1ccc(F)c(N)c1.